The minimum absolute atomic E-state index is 0.0211. The second kappa shape index (κ2) is 8.93. The van der Waals surface area contributed by atoms with Gasteiger partial charge in [0.25, 0.3) is 0 Å². The van der Waals surface area contributed by atoms with Crippen molar-refractivity contribution in [2.45, 2.75) is 11.8 Å². The van der Waals surface area contributed by atoms with E-state index in [1.54, 1.807) is 0 Å². The van der Waals surface area contributed by atoms with E-state index < -0.39 is 10.0 Å². The molecule has 2 N–H and O–H groups in total. The Balaban J connectivity index is 1.62. The number of ether oxygens (including phenoxy) is 2. The van der Waals surface area contributed by atoms with Crippen LogP contribution < -0.4 is 19.5 Å². The number of fused-ring (bicyclic) bond motifs is 1. The molecule has 0 bridgehead atoms. The molecule has 3 aromatic carbocycles. The van der Waals surface area contributed by atoms with Crippen molar-refractivity contribution in [1.82, 2.24) is 4.72 Å². The number of hydrogen-bond donors (Lipinski definition) is 2. The monoisotopic (exact) mass is 414 g/mol. The Kier molecular flexibility index (Phi) is 6.36. The van der Waals surface area contributed by atoms with Gasteiger partial charge in [0.1, 0.15) is 18.1 Å². The normalized spacial score (nSPS) is 11.2. The highest BCUT2D eigenvalue weighted by molar-refractivity contribution is 7.89. The number of methoxy groups -OCH3 is 1. The van der Waals surface area contributed by atoms with Crippen LogP contribution in [0, 0.1) is 0 Å². The molecule has 0 saturated heterocycles. The third-order valence-corrected chi connectivity index (χ3v) is 5.63. The van der Waals surface area contributed by atoms with Gasteiger partial charge in [-0.2, -0.15) is 0 Å². The van der Waals surface area contributed by atoms with Crippen molar-refractivity contribution in [2.75, 3.05) is 25.6 Å². The van der Waals surface area contributed by atoms with Crippen LogP contribution in [0.15, 0.2) is 65.6 Å². The first kappa shape index (κ1) is 20.6. The summed E-state index contributed by atoms with van der Waals surface area (Å²) >= 11 is 0. The van der Waals surface area contributed by atoms with Gasteiger partial charge in [0.2, 0.25) is 15.9 Å². The molecule has 0 saturated carbocycles. The maximum atomic E-state index is 12.5. The van der Waals surface area contributed by atoms with Gasteiger partial charge in [-0.15, -0.1) is 0 Å². The molecule has 0 aliphatic rings. The fraction of sp³-hybridized carbons (Fsp3) is 0.190. The van der Waals surface area contributed by atoms with Crippen molar-refractivity contribution in [3.63, 3.8) is 0 Å². The van der Waals surface area contributed by atoms with Crippen molar-refractivity contribution in [2.24, 2.45) is 0 Å². The number of rotatable bonds is 8. The first-order valence-corrected chi connectivity index (χ1v) is 10.4. The molecule has 3 rings (SSSR count). The summed E-state index contributed by atoms with van der Waals surface area (Å²) in [6.45, 7) is 1.60. The number of carbonyl (C=O) groups excluding carboxylic acids is 1. The number of nitrogens with one attached hydrogen (secondary N) is 2. The van der Waals surface area contributed by atoms with Gasteiger partial charge in [0.15, 0.2) is 0 Å². The number of anilines is 1. The van der Waals surface area contributed by atoms with Crippen LogP contribution in [0.5, 0.6) is 11.5 Å². The Morgan fingerprint density at radius 1 is 1.00 bits per heavy atom. The third kappa shape index (κ3) is 5.24. The standard InChI is InChI=1S/C21H22N2O5S/c1-15(24)23-20-14-19(9-10-21(20)27-2)29(25,26)22-11-12-28-18-8-7-16-5-3-4-6-17(16)13-18/h3-10,13-14,22H,11-12H2,1-2H3,(H,23,24). The first-order chi connectivity index (χ1) is 13.9. The summed E-state index contributed by atoms with van der Waals surface area (Å²) < 4.78 is 38.4. The Hall–Kier alpha value is -3.10. The van der Waals surface area contributed by atoms with Crippen molar-refractivity contribution in [3.8, 4) is 11.5 Å². The zero-order valence-corrected chi connectivity index (χ0v) is 17.0. The van der Waals surface area contributed by atoms with Crippen LogP contribution in [-0.2, 0) is 14.8 Å². The quantitative estimate of drug-likeness (QED) is 0.552. The lowest BCUT2D eigenvalue weighted by Gasteiger charge is -2.12. The molecule has 1 amide bonds. The topological polar surface area (TPSA) is 93.7 Å². The molecule has 0 spiro atoms. The summed E-state index contributed by atoms with van der Waals surface area (Å²) in [7, 11) is -2.33. The average Bonchev–Trinajstić information content (AvgIpc) is 2.70. The molecule has 0 atom stereocenters. The SMILES string of the molecule is COc1ccc(S(=O)(=O)NCCOc2ccc3ccccc3c2)cc1NC(C)=O. The molecule has 0 aliphatic carbocycles. The summed E-state index contributed by atoms with van der Waals surface area (Å²) in [5.41, 5.74) is 0.287. The van der Waals surface area contributed by atoms with Gasteiger partial charge in [-0.3, -0.25) is 4.79 Å². The van der Waals surface area contributed by atoms with Crippen LogP contribution in [-0.4, -0.2) is 34.6 Å². The van der Waals surface area contributed by atoms with E-state index in [0.29, 0.717) is 11.5 Å². The smallest absolute Gasteiger partial charge is 0.240 e. The van der Waals surface area contributed by atoms with Crippen LogP contribution in [0.25, 0.3) is 10.8 Å². The van der Waals surface area contributed by atoms with Gasteiger partial charge >= 0.3 is 0 Å². The summed E-state index contributed by atoms with van der Waals surface area (Å²) in [5, 5.41) is 4.72. The van der Waals surface area contributed by atoms with Crippen molar-refractivity contribution < 1.29 is 22.7 Å². The summed E-state index contributed by atoms with van der Waals surface area (Å²) in [4.78, 5) is 11.3. The third-order valence-electron chi connectivity index (χ3n) is 4.18. The summed E-state index contributed by atoms with van der Waals surface area (Å²) in [6.07, 6.45) is 0. The molecule has 152 valence electrons. The zero-order valence-electron chi connectivity index (χ0n) is 16.1. The Morgan fingerprint density at radius 2 is 1.76 bits per heavy atom. The molecule has 7 nitrogen and oxygen atoms in total. The molecular weight excluding hydrogens is 392 g/mol. The van der Waals surface area contributed by atoms with Crippen LogP contribution in [0.2, 0.25) is 0 Å². The van der Waals surface area contributed by atoms with E-state index in [0.717, 1.165) is 10.8 Å². The largest absolute Gasteiger partial charge is 0.495 e. The summed E-state index contributed by atoms with van der Waals surface area (Å²) in [5.74, 6) is 0.716. The van der Waals surface area contributed by atoms with Crippen LogP contribution in [0.1, 0.15) is 6.92 Å². The first-order valence-electron chi connectivity index (χ1n) is 8.96. The van der Waals surface area contributed by atoms with Gasteiger partial charge in [-0.1, -0.05) is 30.3 Å². The summed E-state index contributed by atoms with van der Waals surface area (Å²) in [6, 6.07) is 17.9. The van der Waals surface area contributed by atoms with Crippen LogP contribution in [0.4, 0.5) is 5.69 Å². The van der Waals surface area contributed by atoms with Gasteiger partial charge in [-0.25, -0.2) is 13.1 Å². The second-order valence-electron chi connectivity index (χ2n) is 6.30. The fourth-order valence-electron chi connectivity index (χ4n) is 2.83. The fourth-order valence-corrected chi connectivity index (χ4v) is 3.87. The molecule has 0 unspecified atom stereocenters. The lowest BCUT2D eigenvalue weighted by atomic mass is 10.1. The van der Waals surface area contributed by atoms with E-state index in [2.05, 4.69) is 10.0 Å². The van der Waals surface area contributed by atoms with E-state index in [1.807, 2.05) is 42.5 Å². The lowest BCUT2D eigenvalue weighted by Crippen LogP contribution is -2.28. The molecule has 0 fully saturated rings. The Morgan fingerprint density at radius 3 is 2.48 bits per heavy atom. The number of sulfonamides is 1. The maximum absolute atomic E-state index is 12.5. The van der Waals surface area contributed by atoms with E-state index >= 15 is 0 Å². The Bertz CT molecular complexity index is 1130. The molecule has 29 heavy (non-hydrogen) atoms. The molecule has 0 aliphatic heterocycles. The molecule has 0 heterocycles. The van der Waals surface area contributed by atoms with Crippen molar-refractivity contribution >= 4 is 32.4 Å². The zero-order chi connectivity index (χ0) is 20.9. The Labute approximate surface area is 169 Å². The van der Waals surface area contributed by atoms with Crippen LogP contribution in [0.3, 0.4) is 0 Å². The predicted molar refractivity (Wildman–Crippen MR) is 112 cm³/mol. The van der Waals surface area contributed by atoms with Gasteiger partial charge in [0, 0.05) is 13.5 Å². The van der Waals surface area contributed by atoms with Crippen LogP contribution >= 0.6 is 0 Å². The minimum Gasteiger partial charge on any atom is -0.495 e. The molecule has 0 aromatic heterocycles. The van der Waals surface area contributed by atoms with E-state index in [4.69, 9.17) is 9.47 Å². The van der Waals surface area contributed by atoms with Gasteiger partial charge in [0.05, 0.1) is 17.7 Å². The highest BCUT2D eigenvalue weighted by Gasteiger charge is 2.16. The van der Waals surface area contributed by atoms with Gasteiger partial charge in [-0.05, 0) is 41.1 Å². The highest BCUT2D eigenvalue weighted by atomic mass is 32.2. The van der Waals surface area contributed by atoms with Crippen molar-refractivity contribution in [3.05, 3.63) is 60.7 Å². The van der Waals surface area contributed by atoms with Crippen molar-refractivity contribution in [1.29, 1.82) is 0 Å². The minimum atomic E-state index is -3.77. The molecular formula is C21H22N2O5S. The lowest BCUT2D eigenvalue weighted by molar-refractivity contribution is -0.114. The van der Waals surface area contributed by atoms with E-state index in [-0.39, 0.29) is 29.6 Å². The van der Waals surface area contributed by atoms with Gasteiger partial charge < -0.3 is 14.8 Å². The number of carbonyl (C=O) groups is 1. The number of amides is 1. The van der Waals surface area contributed by atoms with E-state index in [1.165, 1.54) is 32.2 Å². The average molecular weight is 414 g/mol. The highest BCUT2D eigenvalue weighted by Crippen LogP contribution is 2.27. The predicted octanol–water partition coefficient (Wildman–Crippen LogP) is 3.16. The molecule has 3 aromatic rings. The maximum Gasteiger partial charge on any atom is 0.240 e. The van der Waals surface area contributed by atoms with E-state index in [9.17, 15) is 13.2 Å². The molecule has 0 radical (unpaired) electrons. The second-order valence-corrected chi connectivity index (χ2v) is 8.07. The number of benzene rings is 3. The number of hydrogen-bond acceptors (Lipinski definition) is 5. The molecule has 8 heteroatoms.